The highest BCUT2D eigenvalue weighted by atomic mass is 32.2. The minimum absolute atomic E-state index is 0.172. The molecule has 78 valence electrons. The molecular weight excluding hydrogens is 204 g/mol. The summed E-state index contributed by atoms with van der Waals surface area (Å²) in [5.74, 6) is 0.172. The first-order chi connectivity index (χ1) is 6.52. The zero-order valence-corrected chi connectivity index (χ0v) is 8.73. The van der Waals surface area contributed by atoms with Crippen LogP contribution in [0.1, 0.15) is 24.4 Å². The Kier molecular flexibility index (Phi) is 3.68. The van der Waals surface area contributed by atoms with Gasteiger partial charge in [-0.15, -0.1) is 0 Å². The van der Waals surface area contributed by atoms with Crippen molar-refractivity contribution in [2.45, 2.75) is 25.2 Å². The van der Waals surface area contributed by atoms with Crippen LogP contribution in [0.15, 0.2) is 12.4 Å². The summed E-state index contributed by atoms with van der Waals surface area (Å²) in [4.78, 5) is 7.75. The Morgan fingerprint density at radius 1 is 1.43 bits per heavy atom. The van der Waals surface area contributed by atoms with Gasteiger partial charge in [-0.2, -0.15) is 0 Å². The van der Waals surface area contributed by atoms with E-state index in [1.165, 1.54) is 6.92 Å². The van der Waals surface area contributed by atoms with Gasteiger partial charge >= 0.3 is 0 Å². The van der Waals surface area contributed by atoms with Gasteiger partial charge in [-0.25, -0.2) is 14.2 Å². The SMILES string of the molecule is Cc1cnc([C@H](O)[C@H](C)S(=O)O)nc1. The van der Waals surface area contributed by atoms with Crippen LogP contribution in [0.4, 0.5) is 0 Å². The number of rotatable bonds is 3. The molecule has 1 rings (SSSR count). The molecule has 0 aliphatic carbocycles. The smallest absolute Gasteiger partial charge is 0.158 e. The van der Waals surface area contributed by atoms with Crippen molar-refractivity contribution in [2.75, 3.05) is 0 Å². The number of aliphatic hydroxyl groups is 1. The largest absolute Gasteiger partial charge is 0.384 e. The van der Waals surface area contributed by atoms with Crippen molar-refractivity contribution in [2.24, 2.45) is 0 Å². The van der Waals surface area contributed by atoms with Gasteiger partial charge in [-0.3, -0.25) is 0 Å². The zero-order valence-electron chi connectivity index (χ0n) is 7.91. The lowest BCUT2D eigenvalue weighted by Gasteiger charge is -2.13. The first kappa shape index (κ1) is 11.2. The molecule has 2 N–H and O–H groups in total. The molecule has 0 radical (unpaired) electrons. The second kappa shape index (κ2) is 4.59. The van der Waals surface area contributed by atoms with Crippen LogP contribution < -0.4 is 0 Å². The summed E-state index contributed by atoms with van der Waals surface area (Å²) in [5, 5.41) is 8.78. The lowest BCUT2D eigenvalue weighted by atomic mass is 10.2. The van der Waals surface area contributed by atoms with Crippen molar-refractivity contribution < 1.29 is 13.9 Å². The lowest BCUT2D eigenvalue weighted by molar-refractivity contribution is 0.165. The van der Waals surface area contributed by atoms with E-state index in [9.17, 15) is 9.32 Å². The van der Waals surface area contributed by atoms with Gasteiger partial charge in [0.2, 0.25) is 0 Å². The highest BCUT2D eigenvalue weighted by Crippen LogP contribution is 2.15. The fourth-order valence-corrected chi connectivity index (χ4v) is 1.22. The average Bonchev–Trinajstić information content (AvgIpc) is 2.16. The third kappa shape index (κ3) is 2.57. The quantitative estimate of drug-likeness (QED) is 0.716. The van der Waals surface area contributed by atoms with Crippen molar-refractivity contribution in [3.8, 4) is 0 Å². The van der Waals surface area contributed by atoms with Crippen LogP contribution >= 0.6 is 0 Å². The number of hydrogen-bond acceptors (Lipinski definition) is 4. The molecule has 0 saturated carbocycles. The van der Waals surface area contributed by atoms with E-state index in [-0.39, 0.29) is 5.82 Å². The van der Waals surface area contributed by atoms with E-state index in [1.807, 2.05) is 6.92 Å². The molecule has 1 heterocycles. The van der Waals surface area contributed by atoms with Crippen LogP contribution in [0.25, 0.3) is 0 Å². The Morgan fingerprint density at radius 2 is 1.93 bits per heavy atom. The number of aryl methyl sites for hydroxylation is 1. The molecule has 1 unspecified atom stereocenters. The maximum Gasteiger partial charge on any atom is 0.158 e. The van der Waals surface area contributed by atoms with E-state index < -0.39 is 22.4 Å². The standard InChI is InChI=1S/C8H12N2O3S/c1-5-3-9-8(10-4-5)7(11)6(2)14(12)13/h3-4,6-7,11H,1-2H3,(H,12,13)/t6-,7+/m0/s1. The van der Waals surface area contributed by atoms with E-state index in [0.29, 0.717) is 0 Å². The van der Waals surface area contributed by atoms with E-state index in [2.05, 4.69) is 9.97 Å². The Bertz CT molecular complexity index is 328. The molecular formula is C8H12N2O3S. The van der Waals surface area contributed by atoms with Gasteiger partial charge in [-0.1, -0.05) is 0 Å². The third-order valence-electron chi connectivity index (χ3n) is 1.83. The fraction of sp³-hybridized carbons (Fsp3) is 0.500. The van der Waals surface area contributed by atoms with Crippen LogP contribution in [-0.2, 0) is 11.1 Å². The maximum absolute atomic E-state index is 10.7. The van der Waals surface area contributed by atoms with Gasteiger partial charge in [0.05, 0.1) is 5.25 Å². The van der Waals surface area contributed by atoms with Crippen LogP contribution in [0, 0.1) is 6.92 Å². The van der Waals surface area contributed by atoms with Gasteiger partial charge in [0.25, 0.3) is 0 Å². The molecule has 0 amide bonds. The van der Waals surface area contributed by atoms with Gasteiger partial charge in [0.1, 0.15) is 6.10 Å². The van der Waals surface area contributed by atoms with Crippen LogP contribution in [-0.4, -0.2) is 29.1 Å². The second-order valence-electron chi connectivity index (χ2n) is 3.04. The predicted molar refractivity (Wildman–Crippen MR) is 52.0 cm³/mol. The number of nitrogens with zero attached hydrogens (tertiary/aromatic N) is 2. The molecule has 0 aromatic carbocycles. The van der Waals surface area contributed by atoms with Gasteiger partial charge in [-0.05, 0) is 19.4 Å². The summed E-state index contributed by atoms with van der Waals surface area (Å²) in [6.07, 6.45) is 2.00. The molecule has 0 bridgehead atoms. The minimum atomic E-state index is -2.08. The summed E-state index contributed by atoms with van der Waals surface area (Å²) in [6.45, 7) is 3.29. The normalized spacial score (nSPS) is 17.4. The van der Waals surface area contributed by atoms with Gasteiger partial charge < -0.3 is 9.66 Å². The molecule has 0 fully saturated rings. The van der Waals surface area contributed by atoms with Crippen molar-refractivity contribution in [3.63, 3.8) is 0 Å². The molecule has 14 heavy (non-hydrogen) atoms. The summed E-state index contributed by atoms with van der Waals surface area (Å²) >= 11 is -2.08. The van der Waals surface area contributed by atoms with E-state index in [0.717, 1.165) is 5.56 Å². The molecule has 6 heteroatoms. The van der Waals surface area contributed by atoms with Crippen molar-refractivity contribution in [1.29, 1.82) is 0 Å². The minimum Gasteiger partial charge on any atom is -0.384 e. The molecule has 1 aromatic rings. The molecule has 0 aliphatic heterocycles. The second-order valence-corrected chi connectivity index (χ2v) is 4.34. The Balaban J connectivity index is 2.84. The monoisotopic (exact) mass is 216 g/mol. The molecule has 0 spiro atoms. The number of aromatic nitrogens is 2. The van der Waals surface area contributed by atoms with E-state index in [1.54, 1.807) is 12.4 Å². The molecule has 0 saturated heterocycles. The Hall–Kier alpha value is -0.850. The Labute approximate surface area is 84.5 Å². The highest BCUT2D eigenvalue weighted by molar-refractivity contribution is 7.79. The highest BCUT2D eigenvalue weighted by Gasteiger charge is 2.23. The van der Waals surface area contributed by atoms with E-state index in [4.69, 9.17) is 4.55 Å². The first-order valence-corrected chi connectivity index (χ1v) is 5.25. The first-order valence-electron chi connectivity index (χ1n) is 4.08. The predicted octanol–water partition coefficient (Wildman–Crippen LogP) is 0.429. The average molecular weight is 216 g/mol. The molecule has 1 aromatic heterocycles. The molecule has 0 aliphatic rings. The van der Waals surface area contributed by atoms with Gasteiger partial charge in [0, 0.05) is 12.4 Å². The number of aliphatic hydroxyl groups excluding tert-OH is 1. The maximum atomic E-state index is 10.7. The lowest BCUT2D eigenvalue weighted by Crippen LogP contribution is -2.21. The van der Waals surface area contributed by atoms with Crippen molar-refractivity contribution in [1.82, 2.24) is 9.97 Å². The van der Waals surface area contributed by atoms with Crippen LogP contribution in [0.2, 0.25) is 0 Å². The molecule has 3 atom stereocenters. The topological polar surface area (TPSA) is 83.3 Å². The summed E-state index contributed by atoms with van der Waals surface area (Å²) in [7, 11) is 0. The van der Waals surface area contributed by atoms with Gasteiger partial charge in [0.15, 0.2) is 16.9 Å². The Morgan fingerprint density at radius 3 is 2.36 bits per heavy atom. The van der Waals surface area contributed by atoms with Crippen LogP contribution in [0.3, 0.4) is 0 Å². The van der Waals surface area contributed by atoms with E-state index >= 15 is 0 Å². The summed E-state index contributed by atoms with van der Waals surface area (Å²) in [6, 6.07) is 0. The summed E-state index contributed by atoms with van der Waals surface area (Å²) in [5.41, 5.74) is 0.874. The van der Waals surface area contributed by atoms with Crippen molar-refractivity contribution in [3.05, 3.63) is 23.8 Å². The fourth-order valence-electron chi connectivity index (χ4n) is 0.876. The third-order valence-corrected chi connectivity index (χ3v) is 2.72. The van der Waals surface area contributed by atoms with Crippen molar-refractivity contribution >= 4 is 11.1 Å². The number of hydrogen-bond donors (Lipinski definition) is 2. The van der Waals surface area contributed by atoms with Crippen LogP contribution in [0.5, 0.6) is 0 Å². The molecule has 5 nitrogen and oxygen atoms in total. The zero-order chi connectivity index (χ0) is 10.7. The summed E-state index contributed by atoms with van der Waals surface area (Å²) < 4.78 is 19.4.